The maximum atomic E-state index is 13.7. The molecule has 0 radical (unpaired) electrons. The third-order valence-corrected chi connectivity index (χ3v) is 4.16. The van der Waals surface area contributed by atoms with Crippen LogP contribution in [0.25, 0.3) is 0 Å². The molecule has 1 heterocycles. The van der Waals surface area contributed by atoms with Gasteiger partial charge < -0.3 is 4.74 Å². The molecular formula is C11H9F5O4S. The fourth-order valence-corrected chi connectivity index (χ4v) is 2.49. The average Bonchev–Trinajstić information content (AvgIpc) is 3.07. The lowest BCUT2D eigenvalue weighted by Crippen LogP contribution is -2.36. The van der Waals surface area contributed by atoms with Gasteiger partial charge in [-0.1, -0.05) is 6.07 Å². The van der Waals surface area contributed by atoms with Gasteiger partial charge in [0, 0.05) is 11.6 Å². The van der Waals surface area contributed by atoms with Crippen molar-refractivity contribution in [2.24, 2.45) is 0 Å². The normalized spacial score (nSPS) is 23.9. The topological polar surface area (TPSA) is 55.9 Å². The quantitative estimate of drug-likeness (QED) is 0.368. The van der Waals surface area contributed by atoms with Crippen LogP contribution in [0.15, 0.2) is 18.2 Å². The number of hydrogen-bond donors (Lipinski definition) is 0. The second-order valence-corrected chi connectivity index (χ2v) is 6.00. The maximum Gasteiger partial charge on any atom is 0.523 e. The zero-order valence-electron chi connectivity index (χ0n) is 10.4. The second kappa shape index (κ2) is 4.89. The lowest BCUT2D eigenvalue weighted by atomic mass is 9.94. The molecule has 10 heteroatoms. The van der Waals surface area contributed by atoms with Crippen LogP contribution in [-0.4, -0.2) is 26.6 Å². The highest BCUT2D eigenvalue weighted by molar-refractivity contribution is 7.87. The minimum Gasteiger partial charge on any atom is -0.361 e. The molecule has 0 aromatic heterocycles. The fraction of sp³-hybridized carbons (Fsp3) is 0.455. The van der Waals surface area contributed by atoms with Crippen molar-refractivity contribution in [3.8, 4) is 0 Å². The number of halogens is 5. The lowest BCUT2D eigenvalue weighted by molar-refractivity contribution is -0.0597. The standard InChI is InChI=1S/C11H9F5O4S/c1-6(20-21(17,18)11(14,15)16)10(5-19-10)8-3-2-7(12)4-9(8)13/h2-4,6H,5H2,1H3/t6-,10-/m0/s1. The van der Waals surface area contributed by atoms with E-state index in [4.69, 9.17) is 4.74 Å². The van der Waals surface area contributed by atoms with E-state index in [0.717, 1.165) is 19.1 Å². The first-order valence-corrected chi connectivity index (χ1v) is 6.99. The second-order valence-electron chi connectivity index (χ2n) is 4.44. The molecule has 1 aliphatic rings. The summed E-state index contributed by atoms with van der Waals surface area (Å²) in [6.07, 6.45) is -1.64. The Morgan fingerprint density at radius 2 is 1.90 bits per heavy atom. The van der Waals surface area contributed by atoms with Gasteiger partial charge in [0.25, 0.3) is 0 Å². The van der Waals surface area contributed by atoms with Crippen LogP contribution < -0.4 is 0 Å². The Morgan fingerprint density at radius 1 is 1.33 bits per heavy atom. The minimum absolute atomic E-state index is 0.246. The van der Waals surface area contributed by atoms with E-state index in [1.807, 2.05) is 0 Å². The van der Waals surface area contributed by atoms with E-state index < -0.39 is 39.0 Å². The summed E-state index contributed by atoms with van der Waals surface area (Å²) in [4.78, 5) is 0. The molecule has 0 N–H and O–H groups in total. The Kier molecular flexibility index (Phi) is 3.75. The average molecular weight is 332 g/mol. The number of ether oxygens (including phenoxy) is 1. The highest BCUT2D eigenvalue weighted by atomic mass is 32.2. The summed E-state index contributed by atoms with van der Waals surface area (Å²) >= 11 is 0. The molecule has 2 atom stereocenters. The molecule has 1 aromatic carbocycles. The molecule has 4 nitrogen and oxygen atoms in total. The largest absolute Gasteiger partial charge is 0.523 e. The lowest BCUT2D eigenvalue weighted by Gasteiger charge is -2.21. The SMILES string of the molecule is C[C@H](OS(=O)(=O)C(F)(F)F)[C@]1(c2ccc(F)cc2F)CO1. The van der Waals surface area contributed by atoms with Crippen LogP contribution in [0.5, 0.6) is 0 Å². The molecule has 0 unspecified atom stereocenters. The van der Waals surface area contributed by atoms with Gasteiger partial charge in [-0.25, -0.2) is 8.78 Å². The van der Waals surface area contributed by atoms with Gasteiger partial charge in [-0.05, 0) is 13.0 Å². The van der Waals surface area contributed by atoms with E-state index in [-0.39, 0.29) is 12.2 Å². The van der Waals surface area contributed by atoms with E-state index >= 15 is 0 Å². The molecule has 118 valence electrons. The first-order valence-electron chi connectivity index (χ1n) is 5.59. The highest BCUT2D eigenvalue weighted by Crippen LogP contribution is 2.45. The van der Waals surface area contributed by atoms with Crippen molar-refractivity contribution < 1.29 is 39.3 Å². The Balaban J connectivity index is 2.29. The number of rotatable bonds is 4. The molecule has 0 bridgehead atoms. The van der Waals surface area contributed by atoms with Crippen LogP contribution in [0.2, 0.25) is 0 Å². The Labute approximate surface area is 116 Å². The maximum absolute atomic E-state index is 13.7. The van der Waals surface area contributed by atoms with Gasteiger partial charge in [0.2, 0.25) is 0 Å². The van der Waals surface area contributed by atoms with E-state index in [1.165, 1.54) is 0 Å². The summed E-state index contributed by atoms with van der Waals surface area (Å²) in [6.45, 7) is 0.753. The zero-order chi connectivity index (χ0) is 16.1. The molecule has 21 heavy (non-hydrogen) atoms. The van der Waals surface area contributed by atoms with Crippen LogP contribution in [-0.2, 0) is 24.6 Å². The van der Waals surface area contributed by atoms with Crippen molar-refractivity contribution in [2.45, 2.75) is 24.1 Å². The van der Waals surface area contributed by atoms with Gasteiger partial charge >= 0.3 is 15.6 Å². The van der Waals surface area contributed by atoms with Crippen LogP contribution >= 0.6 is 0 Å². The van der Waals surface area contributed by atoms with Gasteiger partial charge in [-0.2, -0.15) is 21.6 Å². The fourth-order valence-electron chi connectivity index (χ4n) is 1.84. The van der Waals surface area contributed by atoms with E-state index in [1.54, 1.807) is 0 Å². The molecular weight excluding hydrogens is 323 g/mol. The summed E-state index contributed by atoms with van der Waals surface area (Å²) in [6, 6.07) is 2.37. The van der Waals surface area contributed by atoms with Gasteiger partial charge in [-0.15, -0.1) is 0 Å². The van der Waals surface area contributed by atoms with Crippen molar-refractivity contribution in [1.29, 1.82) is 0 Å². The van der Waals surface area contributed by atoms with Gasteiger partial charge in [0.05, 0.1) is 6.61 Å². The van der Waals surface area contributed by atoms with Crippen LogP contribution in [0, 0.1) is 11.6 Å². The van der Waals surface area contributed by atoms with Crippen molar-refractivity contribution in [3.63, 3.8) is 0 Å². The number of epoxide rings is 1. The number of alkyl halides is 3. The van der Waals surface area contributed by atoms with Crippen molar-refractivity contribution >= 4 is 10.1 Å². The van der Waals surface area contributed by atoms with Gasteiger partial charge in [-0.3, -0.25) is 4.18 Å². The van der Waals surface area contributed by atoms with Crippen molar-refractivity contribution in [1.82, 2.24) is 0 Å². The molecule has 2 rings (SSSR count). The Hall–Kier alpha value is -1.26. The van der Waals surface area contributed by atoms with Crippen LogP contribution in [0.4, 0.5) is 22.0 Å². The molecule has 1 saturated heterocycles. The van der Waals surface area contributed by atoms with E-state index in [0.29, 0.717) is 6.07 Å². The summed E-state index contributed by atoms with van der Waals surface area (Å²) in [5, 5.41) is 0. The Bertz CT molecular complexity index is 651. The molecule has 0 saturated carbocycles. The predicted octanol–water partition coefficient (Wildman–Crippen LogP) is 2.45. The van der Waals surface area contributed by atoms with Crippen molar-refractivity contribution in [2.75, 3.05) is 6.61 Å². The summed E-state index contributed by atoms with van der Waals surface area (Å²) in [7, 11) is -5.85. The predicted molar refractivity (Wildman–Crippen MR) is 59.5 cm³/mol. The number of benzene rings is 1. The molecule has 1 aliphatic heterocycles. The number of hydrogen-bond acceptors (Lipinski definition) is 4. The monoisotopic (exact) mass is 332 g/mol. The molecule has 0 spiro atoms. The van der Waals surface area contributed by atoms with Gasteiger partial charge in [0.15, 0.2) is 0 Å². The third-order valence-electron chi connectivity index (χ3n) is 3.05. The first-order chi connectivity index (χ1) is 9.49. The first kappa shape index (κ1) is 16.1. The smallest absolute Gasteiger partial charge is 0.361 e. The molecule has 0 aliphatic carbocycles. The highest BCUT2D eigenvalue weighted by Gasteiger charge is 2.58. The minimum atomic E-state index is -5.85. The zero-order valence-corrected chi connectivity index (χ0v) is 11.3. The van der Waals surface area contributed by atoms with E-state index in [9.17, 15) is 30.4 Å². The summed E-state index contributed by atoms with van der Waals surface area (Å²) in [5.41, 5.74) is -7.55. The Morgan fingerprint density at radius 3 is 2.33 bits per heavy atom. The van der Waals surface area contributed by atoms with Crippen molar-refractivity contribution in [3.05, 3.63) is 35.4 Å². The molecule has 1 aromatic rings. The summed E-state index contributed by atoms with van der Waals surface area (Å²) < 4.78 is 94.1. The third kappa shape index (κ3) is 2.87. The van der Waals surface area contributed by atoms with Crippen LogP contribution in [0.3, 0.4) is 0 Å². The molecule has 0 amide bonds. The van der Waals surface area contributed by atoms with Crippen LogP contribution in [0.1, 0.15) is 12.5 Å². The summed E-state index contributed by atoms with van der Waals surface area (Å²) in [5.74, 6) is -1.95. The van der Waals surface area contributed by atoms with E-state index in [2.05, 4.69) is 4.18 Å². The molecule has 1 fully saturated rings. The van der Waals surface area contributed by atoms with Gasteiger partial charge in [0.1, 0.15) is 23.3 Å².